The second kappa shape index (κ2) is 8.37. The van der Waals surface area contributed by atoms with Crippen LogP contribution in [0.25, 0.3) is 10.9 Å². The number of aromatic nitrogens is 1. The quantitative estimate of drug-likeness (QED) is 0.407. The Morgan fingerprint density at radius 3 is 2.64 bits per heavy atom. The van der Waals surface area contributed by atoms with Gasteiger partial charge in [0.05, 0.1) is 34.6 Å². The average molecular weight is 464 g/mol. The number of methoxy groups -OCH3 is 1. The maximum Gasteiger partial charge on any atom is 0.261 e. The Labute approximate surface area is 191 Å². The number of rotatable bonds is 6. The summed E-state index contributed by atoms with van der Waals surface area (Å²) in [6, 6.07) is 20.1. The lowest BCUT2D eigenvalue weighted by atomic mass is 10.1. The van der Waals surface area contributed by atoms with E-state index >= 15 is 4.39 Å². The molecule has 168 valence electrons. The Hall–Kier alpha value is -3.65. The van der Waals surface area contributed by atoms with Gasteiger partial charge in [0.25, 0.3) is 10.0 Å². The van der Waals surface area contributed by atoms with Gasteiger partial charge in [0.2, 0.25) is 0 Å². The van der Waals surface area contributed by atoms with Crippen LogP contribution in [0.4, 0.5) is 15.9 Å². The summed E-state index contributed by atoms with van der Waals surface area (Å²) in [5.74, 6) is 0.608. The van der Waals surface area contributed by atoms with Crippen molar-refractivity contribution in [2.45, 2.75) is 23.8 Å². The third kappa shape index (κ3) is 4.09. The van der Waals surface area contributed by atoms with Gasteiger partial charge in [-0.15, -0.1) is 0 Å². The third-order valence-corrected chi connectivity index (χ3v) is 7.22. The Bertz CT molecular complexity index is 1440. The van der Waals surface area contributed by atoms with Gasteiger partial charge in [0.15, 0.2) is 0 Å². The van der Waals surface area contributed by atoms with Gasteiger partial charge in [-0.25, -0.2) is 17.8 Å². The highest BCUT2D eigenvalue weighted by Crippen LogP contribution is 2.37. The lowest BCUT2D eigenvalue weighted by Gasteiger charge is -2.17. The molecule has 1 unspecified atom stereocenters. The Balaban J connectivity index is 1.47. The minimum atomic E-state index is -3.86. The van der Waals surface area contributed by atoms with Gasteiger partial charge < -0.3 is 10.1 Å². The molecule has 0 bridgehead atoms. The van der Waals surface area contributed by atoms with Crippen LogP contribution in [0.15, 0.2) is 77.7 Å². The molecule has 0 saturated carbocycles. The second-order valence-corrected chi connectivity index (χ2v) is 9.59. The largest absolute Gasteiger partial charge is 0.497 e. The zero-order chi connectivity index (χ0) is 23.0. The molecule has 3 aromatic carbocycles. The molecule has 1 aliphatic rings. The topological polar surface area (TPSA) is 80.3 Å². The molecule has 4 aromatic rings. The first-order valence-electron chi connectivity index (χ1n) is 10.5. The van der Waals surface area contributed by atoms with Crippen LogP contribution in [0.2, 0.25) is 0 Å². The fraction of sp³-hybridized carbons (Fsp3) is 0.160. The standard InChI is InChI=1S/C25H22FN3O3S/c1-32-17-12-10-16-11-13-21(19(16)14-17)27-24-15-20(26)25-22(28-24)8-5-9-23(25)29-33(30,31)18-6-3-2-4-7-18/h2-10,12,14-15,21,29H,11,13H2,1H3,(H,27,28). The van der Waals surface area contributed by atoms with Crippen molar-refractivity contribution in [1.82, 2.24) is 4.98 Å². The first-order valence-corrected chi connectivity index (χ1v) is 12.0. The normalized spacial score (nSPS) is 15.3. The highest BCUT2D eigenvalue weighted by molar-refractivity contribution is 7.92. The minimum absolute atomic E-state index is 0.0146. The van der Waals surface area contributed by atoms with Gasteiger partial charge in [0, 0.05) is 6.07 Å². The molecule has 0 spiro atoms. The van der Waals surface area contributed by atoms with E-state index in [2.05, 4.69) is 21.1 Å². The first-order chi connectivity index (χ1) is 15.9. The fourth-order valence-corrected chi connectivity index (χ4v) is 5.33. The maximum absolute atomic E-state index is 15.2. The number of fused-ring (bicyclic) bond motifs is 2. The van der Waals surface area contributed by atoms with Crippen molar-refractivity contribution < 1.29 is 17.5 Å². The summed E-state index contributed by atoms with van der Waals surface area (Å²) in [6.07, 6.45) is 1.78. The molecule has 1 aromatic heterocycles. The lowest BCUT2D eigenvalue weighted by Crippen LogP contribution is -2.14. The number of hydrogen-bond acceptors (Lipinski definition) is 5. The molecular formula is C25H22FN3O3S. The van der Waals surface area contributed by atoms with Gasteiger partial charge in [0.1, 0.15) is 17.4 Å². The predicted molar refractivity (Wildman–Crippen MR) is 127 cm³/mol. The van der Waals surface area contributed by atoms with Crippen molar-refractivity contribution in [2.24, 2.45) is 0 Å². The first kappa shape index (κ1) is 21.2. The molecule has 1 atom stereocenters. The van der Waals surface area contributed by atoms with Gasteiger partial charge in [-0.1, -0.05) is 30.3 Å². The van der Waals surface area contributed by atoms with Crippen molar-refractivity contribution in [2.75, 3.05) is 17.1 Å². The van der Waals surface area contributed by atoms with Crippen LogP contribution >= 0.6 is 0 Å². The van der Waals surface area contributed by atoms with Gasteiger partial charge in [-0.2, -0.15) is 0 Å². The molecule has 1 aliphatic carbocycles. The zero-order valence-electron chi connectivity index (χ0n) is 17.9. The highest BCUT2D eigenvalue weighted by Gasteiger charge is 2.24. The van der Waals surface area contributed by atoms with Crippen LogP contribution in [-0.4, -0.2) is 20.5 Å². The van der Waals surface area contributed by atoms with Crippen LogP contribution in [0.3, 0.4) is 0 Å². The monoisotopic (exact) mass is 463 g/mol. The molecule has 0 radical (unpaired) electrons. The smallest absolute Gasteiger partial charge is 0.261 e. The van der Waals surface area contributed by atoms with E-state index in [-0.39, 0.29) is 22.0 Å². The predicted octanol–water partition coefficient (Wildman–Crippen LogP) is 5.28. The van der Waals surface area contributed by atoms with Gasteiger partial charge in [-0.3, -0.25) is 4.72 Å². The SMILES string of the molecule is COc1ccc2c(c1)C(Nc1cc(F)c3c(NS(=O)(=O)c4ccccc4)cccc3n1)CC2. The van der Waals surface area contributed by atoms with Crippen molar-refractivity contribution in [3.05, 3.63) is 89.7 Å². The van der Waals surface area contributed by atoms with E-state index in [9.17, 15) is 8.42 Å². The number of nitrogens with one attached hydrogen (secondary N) is 2. The molecule has 5 rings (SSSR count). The molecule has 0 saturated heterocycles. The number of nitrogens with zero attached hydrogens (tertiary/aromatic N) is 1. The summed E-state index contributed by atoms with van der Waals surface area (Å²) in [6.45, 7) is 0. The van der Waals surface area contributed by atoms with Crippen molar-refractivity contribution >= 4 is 32.4 Å². The van der Waals surface area contributed by atoms with E-state index < -0.39 is 15.8 Å². The molecule has 33 heavy (non-hydrogen) atoms. The van der Waals surface area contributed by atoms with Crippen LogP contribution in [0.1, 0.15) is 23.6 Å². The molecule has 2 N–H and O–H groups in total. The average Bonchev–Trinajstić information content (AvgIpc) is 3.21. The maximum atomic E-state index is 15.2. The Morgan fingerprint density at radius 1 is 1.03 bits per heavy atom. The number of hydrogen-bond donors (Lipinski definition) is 2. The summed E-state index contributed by atoms with van der Waals surface area (Å²) in [5.41, 5.74) is 2.84. The van der Waals surface area contributed by atoms with Crippen molar-refractivity contribution in [1.29, 1.82) is 0 Å². The summed E-state index contributed by atoms with van der Waals surface area (Å²) in [5, 5.41) is 3.45. The third-order valence-electron chi connectivity index (χ3n) is 5.84. The van der Waals surface area contributed by atoms with Crippen LogP contribution in [0, 0.1) is 5.82 Å². The van der Waals surface area contributed by atoms with Crippen molar-refractivity contribution in [3.8, 4) is 5.75 Å². The van der Waals surface area contributed by atoms with Gasteiger partial charge in [-0.05, 0) is 60.4 Å². The fourth-order valence-electron chi connectivity index (χ4n) is 4.24. The number of halogens is 1. The lowest BCUT2D eigenvalue weighted by molar-refractivity contribution is 0.414. The van der Waals surface area contributed by atoms with E-state index in [1.165, 1.54) is 29.8 Å². The molecule has 6 nitrogen and oxygen atoms in total. The number of anilines is 2. The van der Waals surface area contributed by atoms with E-state index in [0.717, 1.165) is 24.2 Å². The van der Waals surface area contributed by atoms with Crippen LogP contribution < -0.4 is 14.8 Å². The number of sulfonamides is 1. The highest BCUT2D eigenvalue weighted by atomic mass is 32.2. The van der Waals surface area contributed by atoms with E-state index in [1.807, 2.05) is 12.1 Å². The Kier molecular flexibility index (Phi) is 5.38. The number of ether oxygens (including phenoxy) is 1. The van der Waals surface area contributed by atoms with E-state index in [0.29, 0.717) is 11.3 Å². The second-order valence-electron chi connectivity index (χ2n) is 7.91. The molecule has 1 heterocycles. The van der Waals surface area contributed by atoms with Crippen LogP contribution in [0.5, 0.6) is 5.75 Å². The van der Waals surface area contributed by atoms with E-state index in [1.54, 1.807) is 37.4 Å². The minimum Gasteiger partial charge on any atom is -0.497 e. The summed E-state index contributed by atoms with van der Waals surface area (Å²) in [4.78, 5) is 4.66. The molecule has 8 heteroatoms. The molecule has 0 fully saturated rings. The Morgan fingerprint density at radius 2 is 1.85 bits per heavy atom. The van der Waals surface area contributed by atoms with Gasteiger partial charge >= 0.3 is 0 Å². The summed E-state index contributed by atoms with van der Waals surface area (Å²) in [7, 11) is -2.23. The summed E-state index contributed by atoms with van der Waals surface area (Å²) < 4.78 is 48.6. The molecule has 0 aliphatic heterocycles. The number of pyridine rings is 1. The summed E-state index contributed by atoms with van der Waals surface area (Å²) >= 11 is 0. The number of benzene rings is 3. The molecular weight excluding hydrogens is 441 g/mol. The van der Waals surface area contributed by atoms with Crippen molar-refractivity contribution in [3.63, 3.8) is 0 Å². The number of aryl methyl sites for hydroxylation is 1. The van der Waals surface area contributed by atoms with Crippen LogP contribution in [-0.2, 0) is 16.4 Å². The zero-order valence-corrected chi connectivity index (χ0v) is 18.7. The van der Waals surface area contributed by atoms with E-state index in [4.69, 9.17) is 4.74 Å². The molecule has 0 amide bonds.